The molecule has 1 aromatic heterocycles. The summed E-state index contributed by atoms with van der Waals surface area (Å²) in [5.74, 6) is 0.379. The van der Waals surface area contributed by atoms with Crippen LogP contribution in [0.5, 0.6) is 0 Å². The Morgan fingerprint density at radius 2 is 2.06 bits per heavy atom. The minimum absolute atomic E-state index is 0.379. The number of thiophene rings is 1. The van der Waals surface area contributed by atoms with Crippen LogP contribution < -0.4 is 0 Å². The van der Waals surface area contributed by atoms with Crippen molar-refractivity contribution in [1.82, 2.24) is 4.31 Å². The van der Waals surface area contributed by atoms with Crippen molar-refractivity contribution in [1.29, 1.82) is 0 Å². The van der Waals surface area contributed by atoms with Gasteiger partial charge in [0.05, 0.1) is 3.79 Å². The van der Waals surface area contributed by atoms with Gasteiger partial charge in [-0.25, -0.2) is 8.42 Å². The Balaban J connectivity index is 3.03. The van der Waals surface area contributed by atoms with Crippen molar-refractivity contribution >= 4 is 37.3 Å². The smallest absolute Gasteiger partial charge is 0.206 e. The quantitative estimate of drug-likeness (QED) is 0.778. The van der Waals surface area contributed by atoms with Gasteiger partial charge in [-0.15, -0.1) is 11.3 Å². The van der Waals surface area contributed by atoms with Gasteiger partial charge < -0.3 is 0 Å². The van der Waals surface area contributed by atoms with Crippen molar-refractivity contribution in [2.24, 2.45) is 5.92 Å². The summed E-state index contributed by atoms with van der Waals surface area (Å²) in [5.41, 5.74) is 0.971. The van der Waals surface area contributed by atoms with E-state index in [0.717, 1.165) is 15.8 Å². The summed E-state index contributed by atoms with van der Waals surface area (Å²) in [6.45, 7) is 9.05. The lowest BCUT2D eigenvalue weighted by atomic mass is 10.1. The molecule has 0 bridgehead atoms. The molecule has 0 aliphatic heterocycles. The lowest BCUT2D eigenvalue weighted by Crippen LogP contribution is -2.34. The molecule has 6 heteroatoms. The van der Waals surface area contributed by atoms with E-state index < -0.39 is 10.0 Å². The number of hydrogen-bond donors (Lipinski definition) is 0. The third-order valence-electron chi connectivity index (χ3n) is 2.99. The van der Waals surface area contributed by atoms with E-state index in [1.54, 1.807) is 10.4 Å². The summed E-state index contributed by atoms with van der Waals surface area (Å²) in [7, 11) is -3.34. The molecule has 3 nitrogen and oxygen atoms in total. The number of sulfonamides is 1. The molecule has 0 fully saturated rings. The molecule has 1 atom stereocenters. The first-order chi connectivity index (χ1) is 8.32. The Bertz CT molecular complexity index is 477. The number of halogens is 1. The van der Waals surface area contributed by atoms with Crippen LogP contribution in [0.4, 0.5) is 0 Å². The zero-order valence-electron chi connectivity index (χ0n) is 11.2. The lowest BCUT2D eigenvalue weighted by Gasteiger charge is -2.22. The van der Waals surface area contributed by atoms with Crippen LogP contribution in [0.3, 0.4) is 0 Å². The molecule has 0 spiro atoms. The van der Waals surface area contributed by atoms with Crippen molar-refractivity contribution in [2.75, 3.05) is 13.1 Å². The standard InChI is InChI=1S/C12H20BrNO2S2/c1-5-9(3)8-14(6-2)18(15,16)11-7-10(4)12(13)17-11/h7,9H,5-6,8H2,1-4H3. The molecule has 0 aliphatic carbocycles. The van der Waals surface area contributed by atoms with Gasteiger partial charge in [0.1, 0.15) is 4.21 Å². The molecular formula is C12H20BrNO2S2. The van der Waals surface area contributed by atoms with E-state index in [2.05, 4.69) is 29.8 Å². The molecule has 0 amide bonds. The Morgan fingerprint density at radius 3 is 2.44 bits per heavy atom. The van der Waals surface area contributed by atoms with E-state index in [4.69, 9.17) is 0 Å². The maximum Gasteiger partial charge on any atom is 0.252 e. The number of hydrogen-bond acceptors (Lipinski definition) is 3. The van der Waals surface area contributed by atoms with E-state index in [0.29, 0.717) is 23.2 Å². The number of aryl methyl sites for hydroxylation is 1. The minimum Gasteiger partial charge on any atom is -0.206 e. The van der Waals surface area contributed by atoms with Crippen molar-refractivity contribution in [2.45, 2.75) is 38.3 Å². The molecule has 0 saturated heterocycles. The third-order valence-corrected chi connectivity index (χ3v) is 7.52. The van der Waals surface area contributed by atoms with Gasteiger partial charge in [-0.1, -0.05) is 27.2 Å². The van der Waals surface area contributed by atoms with Gasteiger partial charge in [-0.3, -0.25) is 0 Å². The van der Waals surface area contributed by atoms with Gasteiger partial charge in [-0.05, 0) is 40.4 Å². The molecule has 1 aromatic rings. The van der Waals surface area contributed by atoms with Crippen molar-refractivity contribution in [3.8, 4) is 0 Å². The van der Waals surface area contributed by atoms with E-state index in [1.807, 2.05) is 13.8 Å². The Kier molecular flexibility index (Phi) is 5.83. The molecule has 0 aromatic carbocycles. The van der Waals surface area contributed by atoms with E-state index >= 15 is 0 Å². The predicted molar refractivity (Wildman–Crippen MR) is 80.6 cm³/mol. The van der Waals surface area contributed by atoms with Gasteiger partial charge >= 0.3 is 0 Å². The molecule has 0 aliphatic rings. The predicted octanol–water partition coefficient (Wildman–Crippen LogP) is 3.88. The second kappa shape index (κ2) is 6.50. The lowest BCUT2D eigenvalue weighted by molar-refractivity contribution is 0.362. The summed E-state index contributed by atoms with van der Waals surface area (Å²) < 4.78 is 27.9. The maximum absolute atomic E-state index is 12.5. The summed E-state index contributed by atoms with van der Waals surface area (Å²) in [4.78, 5) is 0. The van der Waals surface area contributed by atoms with Crippen molar-refractivity contribution in [3.63, 3.8) is 0 Å². The fourth-order valence-corrected chi connectivity index (χ4v) is 5.51. The molecule has 1 unspecified atom stereocenters. The highest BCUT2D eigenvalue weighted by atomic mass is 79.9. The van der Waals surface area contributed by atoms with Gasteiger partial charge in [0, 0.05) is 13.1 Å². The molecule has 0 saturated carbocycles. The van der Waals surface area contributed by atoms with Crippen LogP contribution in [0.1, 0.15) is 32.8 Å². The van der Waals surface area contributed by atoms with Gasteiger partial charge in [-0.2, -0.15) is 4.31 Å². The van der Waals surface area contributed by atoms with Crippen molar-refractivity contribution in [3.05, 3.63) is 15.4 Å². The molecular weight excluding hydrogens is 334 g/mol. The summed E-state index contributed by atoms with van der Waals surface area (Å²) in [6, 6.07) is 1.74. The molecule has 104 valence electrons. The van der Waals surface area contributed by atoms with Gasteiger partial charge in [0.2, 0.25) is 0 Å². The molecule has 18 heavy (non-hydrogen) atoms. The normalized spacial score (nSPS) is 14.1. The van der Waals surface area contributed by atoms with Crippen LogP contribution in [0, 0.1) is 12.8 Å². The number of nitrogens with zero attached hydrogens (tertiary/aromatic N) is 1. The van der Waals surface area contributed by atoms with Gasteiger partial charge in [0.25, 0.3) is 10.0 Å². The summed E-state index contributed by atoms with van der Waals surface area (Å²) in [5, 5.41) is 0. The summed E-state index contributed by atoms with van der Waals surface area (Å²) in [6.07, 6.45) is 0.985. The maximum atomic E-state index is 12.5. The van der Waals surface area contributed by atoms with Crippen LogP contribution in [-0.4, -0.2) is 25.8 Å². The number of rotatable bonds is 6. The summed E-state index contributed by atoms with van der Waals surface area (Å²) >= 11 is 4.67. The first kappa shape index (κ1) is 16.1. The van der Waals surface area contributed by atoms with Crippen LogP contribution in [0.15, 0.2) is 14.1 Å². The minimum atomic E-state index is -3.34. The van der Waals surface area contributed by atoms with Crippen LogP contribution in [0.25, 0.3) is 0 Å². The van der Waals surface area contributed by atoms with E-state index in [-0.39, 0.29) is 0 Å². The second-order valence-corrected chi connectivity index (χ2v) is 9.03. The molecule has 1 heterocycles. The monoisotopic (exact) mass is 353 g/mol. The highest BCUT2D eigenvalue weighted by Crippen LogP contribution is 2.32. The van der Waals surface area contributed by atoms with E-state index in [1.165, 1.54) is 11.3 Å². The Labute approximate surface area is 122 Å². The first-order valence-corrected chi connectivity index (χ1v) is 9.13. The molecule has 1 rings (SSSR count). The topological polar surface area (TPSA) is 37.4 Å². The zero-order chi connectivity index (χ0) is 13.9. The second-order valence-electron chi connectivity index (χ2n) is 4.49. The van der Waals surface area contributed by atoms with Gasteiger partial charge in [0.15, 0.2) is 0 Å². The highest BCUT2D eigenvalue weighted by molar-refractivity contribution is 9.11. The van der Waals surface area contributed by atoms with Crippen LogP contribution >= 0.6 is 27.3 Å². The third kappa shape index (κ3) is 3.56. The Hall–Kier alpha value is 0.0900. The van der Waals surface area contributed by atoms with Crippen LogP contribution in [0.2, 0.25) is 0 Å². The fourth-order valence-electron chi connectivity index (χ4n) is 1.56. The van der Waals surface area contributed by atoms with Crippen LogP contribution in [-0.2, 0) is 10.0 Å². The highest BCUT2D eigenvalue weighted by Gasteiger charge is 2.26. The zero-order valence-corrected chi connectivity index (χ0v) is 14.5. The Morgan fingerprint density at radius 1 is 1.44 bits per heavy atom. The average Bonchev–Trinajstić information content (AvgIpc) is 2.66. The fraction of sp³-hybridized carbons (Fsp3) is 0.667. The first-order valence-electron chi connectivity index (χ1n) is 6.09. The molecule has 0 radical (unpaired) electrons. The molecule has 0 N–H and O–H groups in total. The average molecular weight is 354 g/mol. The SMILES string of the molecule is CCC(C)CN(CC)S(=O)(=O)c1cc(C)c(Br)s1. The van der Waals surface area contributed by atoms with Crippen molar-refractivity contribution < 1.29 is 8.42 Å². The van der Waals surface area contributed by atoms with E-state index in [9.17, 15) is 8.42 Å². The largest absolute Gasteiger partial charge is 0.252 e.